The summed E-state index contributed by atoms with van der Waals surface area (Å²) in [4.78, 5) is 0. The molecule has 1 aliphatic rings. The summed E-state index contributed by atoms with van der Waals surface area (Å²) in [5.74, 6) is 7.88. The van der Waals surface area contributed by atoms with E-state index in [4.69, 9.17) is 0 Å². The molecule has 1 aliphatic carbocycles. The highest BCUT2D eigenvalue weighted by molar-refractivity contribution is 5.58. The molecule has 1 saturated carbocycles. The Kier molecular flexibility index (Phi) is 5.73. The molecule has 0 aromatic heterocycles. The summed E-state index contributed by atoms with van der Waals surface area (Å²) < 4.78 is 0. The summed E-state index contributed by atoms with van der Waals surface area (Å²) in [5, 5.41) is 0. The zero-order valence-electron chi connectivity index (χ0n) is 14.3. The topological polar surface area (TPSA) is 0 Å². The first-order valence-electron chi connectivity index (χ1n) is 8.94. The summed E-state index contributed by atoms with van der Waals surface area (Å²) in [6.45, 7) is 2.20. The maximum atomic E-state index is 3.39. The fourth-order valence-electron chi connectivity index (χ4n) is 2.90. The van der Waals surface area contributed by atoms with E-state index in [0.29, 0.717) is 11.8 Å². The second-order valence-corrected chi connectivity index (χ2v) is 6.39. The summed E-state index contributed by atoms with van der Waals surface area (Å²) in [6.07, 6.45) is 8.88. The Morgan fingerprint density at radius 2 is 1.83 bits per heavy atom. The van der Waals surface area contributed by atoms with Crippen LogP contribution in [-0.4, -0.2) is 0 Å². The number of allylic oxidation sites excluding steroid dienone is 1. The van der Waals surface area contributed by atoms with Gasteiger partial charge in [-0.2, -0.15) is 0 Å². The van der Waals surface area contributed by atoms with Crippen molar-refractivity contribution in [2.45, 2.75) is 38.5 Å². The fourth-order valence-corrected chi connectivity index (χ4v) is 2.90. The van der Waals surface area contributed by atoms with Gasteiger partial charge in [-0.25, -0.2) is 0 Å². The van der Waals surface area contributed by atoms with E-state index in [-0.39, 0.29) is 0 Å². The number of unbranched alkanes of at least 4 members (excludes halogenated alkanes) is 2. The minimum atomic E-state index is 0.631. The van der Waals surface area contributed by atoms with E-state index in [1.165, 1.54) is 24.8 Å². The molecule has 0 bridgehead atoms. The van der Waals surface area contributed by atoms with Gasteiger partial charge in [0.25, 0.3) is 0 Å². The van der Waals surface area contributed by atoms with E-state index in [1.807, 2.05) is 0 Å². The van der Waals surface area contributed by atoms with Crippen LogP contribution in [0.15, 0.2) is 66.4 Å². The van der Waals surface area contributed by atoms with Gasteiger partial charge in [0.2, 0.25) is 0 Å². The van der Waals surface area contributed by atoms with Crippen molar-refractivity contribution in [3.8, 4) is 11.8 Å². The molecule has 0 heterocycles. The lowest BCUT2D eigenvalue weighted by molar-refractivity contribution is 0.828. The van der Waals surface area contributed by atoms with Crippen molar-refractivity contribution >= 4 is 6.08 Å². The van der Waals surface area contributed by atoms with E-state index in [0.717, 1.165) is 17.5 Å². The molecule has 2 atom stereocenters. The smallest absolute Gasteiger partial charge is 0.0323 e. The van der Waals surface area contributed by atoms with Crippen LogP contribution in [0.3, 0.4) is 0 Å². The third-order valence-electron chi connectivity index (χ3n) is 4.46. The van der Waals surface area contributed by atoms with Gasteiger partial charge in [-0.15, -0.1) is 5.73 Å². The van der Waals surface area contributed by atoms with Gasteiger partial charge in [-0.1, -0.05) is 73.7 Å². The Morgan fingerprint density at radius 1 is 1.04 bits per heavy atom. The number of rotatable bonds is 5. The van der Waals surface area contributed by atoms with Crippen molar-refractivity contribution in [3.63, 3.8) is 0 Å². The van der Waals surface area contributed by atoms with Crippen LogP contribution in [0.1, 0.15) is 55.2 Å². The third-order valence-corrected chi connectivity index (χ3v) is 4.46. The van der Waals surface area contributed by atoms with Gasteiger partial charge < -0.3 is 0 Å². The second-order valence-electron chi connectivity index (χ2n) is 6.39. The first-order chi connectivity index (χ1) is 11.9. The molecule has 0 radical (unpaired) electrons. The predicted molar refractivity (Wildman–Crippen MR) is 103 cm³/mol. The van der Waals surface area contributed by atoms with Gasteiger partial charge in [0.15, 0.2) is 0 Å². The van der Waals surface area contributed by atoms with Crippen molar-refractivity contribution in [1.29, 1.82) is 0 Å². The summed E-state index contributed by atoms with van der Waals surface area (Å²) in [7, 11) is 0. The number of hydrogen-bond donors (Lipinski definition) is 0. The molecular formula is C24H24. The first kappa shape index (κ1) is 16.4. The third kappa shape index (κ3) is 4.51. The molecule has 0 saturated heterocycles. The SMILES string of the molecule is CCCCC#Cc1ccccc1C=C=C[C@H]1C[C@@H]1c1ccccc1. The molecule has 2 aromatic carbocycles. The molecule has 0 heteroatoms. The van der Waals surface area contributed by atoms with Crippen LogP contribution < -0.4 is 0 Å². The van der Waals surface area contributed by atoms with Crippen molar-refractivity contribution < 1.29 is 0 Å². The zero-order valence-corrected chi connectivity index (χ0v) is 14.3. The quantitative estimate of drug-likeness (QED) is 0.350. The van der Waals surface area contributed by atoms with E-state index >= 15 is 0 Å². The highest BCUT2D eigenvalue weighted by atomic mass is 14.4. The van der Waals surface area contributed by atoms with Crippen molar-refractivity contribution in [2.75, 3.05) is 0 Å². The Balaban J connectivity index is 1.66. The van der Waals surface area contributed by atoms with Crippen LogP contribution in [0.5, 0.6) is 0 Å². The maximum Gasteiger partial charge on any atom is 0.0323 e. The minimum Gasteiger partial charge on any atom is -0.124 e. The molecule has 0 spiro atoms. The van der Waals surface area contributed by atoms with Gasteiger partial charge in [-0.3, -0.25) is 0 Å². The van der Waals surface area contributed by atoms with E-state index in [9.17, 15) is 0 Å². The molecular weight excluding hydrogens is 288 g/mol. The van der Waals surface area contributed by atoms with Crippen LogP contribution >= 0.6 is 0 Å². The first-order valence-corrected chi connectivity index (χ1v) is 8.94. The van der Waals surface area contributed by atoms with Gasteiger partial charge in [-0.05, 0) is 54.0 Å². The molecule has 0 amide bonds. The van der Waals surface area contributed by atoms with Gasteiger partial charge in [0.1, 0.15) is 0 Å². The van der Waals surface area contributed by atoms with Crippen LogP contribution in [0, 0.1) is 17.8 Å². The largest absolute Gasteiger partial charge is 0.124 e. The zero-order chi connectivity index (χ0) is 16.6. The van der Waals surface area contributed by atoms with Crippen LogP contribution in [0.4, 0.5) is 0 Å². The van der Waals surface area contributed by atoms with Crippen molar-refractivity contribution in [2.24, 2.45) is 5.92 Å². The molecule has 0 aliphatic heterocycles. The van der Waals surface area contributed by atoms with Crippen molar-refractivity contribution in [3.05, 3.63) is 83.1 Å². The second kappa shape index (κ2) is 8.39. The molecule has 2 aromatic rings. The van der Waals surface area contributed by atoms with E-state index in [1.54, 1.807) is 0 Å². The summed E-state index contributed by atoms with van der Waals surface area (Å²) >= 11 is 0. The highest BCUT2D eigenvalue weighted by Gasteiger charge is 2.35. The number of benzene rings is 2. The lowest BCUT2D eigenvalue weighted by Crippen LogP contribution is -1.81. The van der Waals surface area contributed by atoms with E-state index in [2.05, 4.69) is 91.2 Å². The molecule has 0 N–H and O–H groups in total. The normalized spacial score (nSPS) is 18.0. The lowest BCUT2D eigenvalue weighted by atomic mass is 10.1. The highest BCUT2D eigenvalue weighted by Crippen LogP contribution is 2.48. The Morgan fingerprint density at radius 3 is 2.67 bits per heavy atom. The van der Waals surface area contributed by atoms with Gasteiger partial charge in [0, 0.05) is 12.0 Å². The summed E-state index contributed by atoms with van der Waals surface area (Å²) in [5.41, 5.74) is 7.10. The Labute approximate surface area is 145 Å². The van der Waals surface area contributed by atoms with Crippen molar-refractivity contribution in [1.82, 2.24) is 0 Å². The standard InChI is InChI=1S/C24H24/c1-2-3-4-6-12-20-13-9-10-14-21(20)17-11-18-23-19-24(23)22-15-7-5-8-16-22/h5,7-10,13-18,23-24H,2-4,19H2,1H3/t11?,23-,24+/m0/s1. The van der Waals surface area contributed by atoms with Crippen LogP contribution in [-0.2, 0) is 0 Å². The average Bonchev–Trinajstić information content (AvgIpc) is 3.40. The van der Waals surface area contributed by atoms with Gasteiger partial charge in [0.05, 0.1) is 0 Å². The average molecular weight is 312 g/mol. The molecule has 120 valence electrons. The molecule has 24 heavy (non-hydrogen) atoms. The molecule has 3 rings (SSSR count). The molecule has 1 fully saturated rings. The lowest BCUT2D eigenvalue weighted by Gasteiger charge is -1.96. The fraction of sp³-hybridized carbons (Fsp3) is 0.292. The van der Waals surface area contributed by atoms with E-state index < -0.39 is 0 Å². The number of hydrogen-bond acceptors (Lipinski definition) is 0. The van der Waals surface area contributed by atoms with Crippen LogP contribution in [0.2, 0.25) is 0 Å². The monoisotopic (exact) mass is 312 g/mol. The predicted octanol–water partition coefficient (Wildman–Crippen LogP) is 6.20. The van der Waals surface area contributed by atoms with Crippen LogP contribution in [0.25, 0.3) is 6.08 Å². The molecule has 0 nitrogen and oxygen atoms in total. The Hall–Kier alpha value is -2.48. The molecule has 0 unspecified atom stereocenters. The Bertz CT molecular complexity index is 780. The van der Waals surface area contributed by atoms with Gasteiger partial charge >= 0.3 is 0 Å². The minimum absolute atomic E-state index is 0.631. The maximum absolute atomic E-state index is 3.39. The summed E-state index contributed by atoms with van der Waals surface area (Å²) in [6, 6.07) is 19.1.